The van der Waals surface area contributed by atoms with Crippen LogP contribution in [-0.2, 0) is 0 Å². The number of hydrogen-bond acceptors (Lipinski definition) is 5. The van der Waals surface area contributed by atoms with Crippen molar-refractivity contribution in [1.82, 2.24) is 10.1 Å². The number of nitrogens with zero attached hydrogens (tertiary/aromatic N) is 2. The van der Waals surface area contributed by atoms with Crippen LogP contribution in [0.4, 0.5) is 0 Å². The number of aromatic nitrogens is 2. The van der Waals surface area contributed by atoms with Crippen molar-refractivity contribution in [2.24, 2.45) is 5.73 Å². The molecule has 2 N–H and O–H groups in total. The van der Waals surface area contributed by atoms with Gasteiger partial charge in [-0.2, -0.15) is 16.7 Å². The highest BCUT2D eigenvalue weighted by Crippen LogP contribution is 2.38. The smallest absolute Gasteiger partial charge is 0.229 e. The van der Waals surface area contributed by atoms with Gasteiger partial charge in [0.1, 0.15) is 0 Å². The van der Waals surface area contributed by atoms with Crippen molar-refractivity contribution in [3.63, 3.8) is 0 Å². The molecule has 5 heteroatoms. The standard InChI is InChI=1S/C12H19N3OS/c13-9-5-4-8(7-9)12-14-11(15-16-12)10-3-1-2-6-17-10/h8-10H,1-7,13H2/t8-,9+,10?/m1/s1. The maximum atomic E-state index is 5.92. The Hall–Kier alpha value is -0.550. The van der Waals surface area contributed by atoms with E-state index in [1.54, 1.807) is 0 Å². The Bertz CT molecular complexity index is 356. The van der Waals surface area contributed by atoms with Gasteiger partial charge in [-0.25, -0.2) is 0 Å². The van der Waals surface area contributed by atoms with Gasteiger partial charge in [-0.1, -0.05) is 11.6 Å². The van der Waals surface area contributed by atoms with Crippen LogP contribution in [0.2, 0.25) is 0 Å². The lowest BCUT2D eigenvalue weighted by molar-refractivity contribution is 0.348. The van der Waals surface area contributed by atoms with Crippen LogP contribution in [0.1, 0.15) is 61.4 Å². The van der Waals surface area contributed by atoms with Crippen molar-refractivity contribution in [1.29, 1.82) is 0 Å². The molecule has 1 aliphatic heterocycles. The molecule has 1 saturated carbocycles. The van der Waals surface area contributed by atoms with Gasteiger partial charge in [-0.15, -0.1) is 0 Å². The molecule has 0 aromatic carbocycles. The summed E-state index contributed by atoms with van der Waals surface area (Å²) in [6.07, 6.45) is 6.98. The number of hydrogen-bond donors (Lipinski definition) is 1. The first-order valence-electron chi connectivity index (χ1n) is 6.53. The molecule has 2 aliphatic rings. The predicted molar refractivity (Wildman–Crippen MR) is 67.9 cm³/mol. The molecule has 1 aromatic rings. The van der Waals surface area contributed by atoms with Gasteiger partial charge in [0.25, 0.3) is 0 Å². The van der Waals surface area contributed by atoms with Gasteiger partial charge in [0, 0.05) is 12.0 Å². The SMILES string of the molecule is N[C@H]1CC[C@@H](c2nc(C3CCCCS3)no2)C1. The van der Waals surface area contributed by atoms with Gasteiger partial charge < -0.3 is 10.3 Å². The molecule has 1 aromatic heterocycles. The van der Waals surface area contributed by atoms with Gasteiger partial charge in [-0.3, -0.25) is 0 Å². The Balaban J connectivity index is 1.69. The summed E-state index contributed by atoms with van der Waals surface area (Å²) >= 11 is 1.96. The summed E-state index contributed by atoms with van der Waals surface area (Å²) in [5.74, 6) is 3.35. The number of rotatable bonds is 2. The van der Waals surface area contributed by atoms with Crippen molar-refractivity contribution in [2.45, 2.75) is 55.7 Å². The zero-order valence-electron chi connectivity index (χ0n) is 9.97. The number of thioether (sulfide) groups is 1. The van der Waals surface area contributed by atoms with Crippen LogP contribution in [0.15, 0.2) is 4.52 Å². The molecule has 0 amide bonds. The summed E-state index contributed by atoms with van der Waals surface area (Å²) in [4.78, 5) is 4.60. The summed E-state index contributed by atoms with van der Waals surface area (Å²) in [7, 11) is 0. The molecule has 1 saturated heterocycles. The van der Waals surface area contributed by atoms with E-state index in [0.717, 1.165) is 31.0 Å². The molecule has 2 fully saturated rings. The Kier molecular flexibility index (Phi) is 3.38. The van der Waals surface area contributed by atoms with Gasteiger partial charge in [0.05, 0.1) is 5.25 Å². The third kappa shape index (κ3) is 2.50. The average Bonchev–Trinajstić information content (AvgIpc) is 2.98. The Labute approximate surface area is 106 Å². The van der Waals surface area contributed by atoms with Crippen LogP contribution >= 0.6 is 11.8 Å². The second-order valence-corrected chi connectivity index (χ2v) is 6.43. The van der Waals surface area contributed by atoms with E-state index >= 15 is 0 Å². The minimum Gasteiger partial charge on any atom is -0.339 e. The molecular formula is C12H19N3OS. The summed E-state index contributed by atoms with van der Waals surface area (Å²) in [6, 6.07) is 0.319. The lowest BCUT2D eigenvalue weighted by atomic mass is 10.1. The third-order valence-corrected chi connectivity index (χ3v) is 5.12. The van der Waals surface area contributed by atoms with E-state index in [2.05, 4.69) is 10.1 Å². The largest absolute Gasteiger partial charge is 0.339 e. The molecule has 17 heavy (non-hydrogen) atoms. The molecular weight excluding hydrogens is 234 g/mol. The zero-order valence-corrected chi connectivity index (χ0v) is 10.8. The molecule has 1 aliphatic carbocycles. The monoisotopic (exact) mass is 253 g/mol. The Morgan fingerprint density at radius 2 is 2.18 bits per heavy atom. The third-order valence-electron chi connectivity index (χ3n) is 3.75. The first-order valence-corrected chi connectivity index (χ1v) is 7.58. The molecule has 0 radical (unpaired) electrons. The van der Waals surface area contributed by atoms with E-state index in [1.807, 2.05) is 11.8 Å². The van der Waals surface area contributed by atoms with E-state index in [1.165, 1.54) is 25.0 Å². The normalized spacial score (nSPS) is 34.1. The molecule has 3 rings (SSSR count). The van der Waals surface area contributed by atoms with Crippen LogP contribution in [0.5, 0.6) is 0 Å². The first-order chi connectivity index (χ1) is 8.33. The van der Waals surface area contributed by atoms with Crippen molar-refractivity contribution in [3.8, 4) is 0 Å². The van der Waals surface area contributed by atoms with E-state index in [-0.39, 0.29) is 0 Å². The summed E-state index contributed by atoms with van der Waals surface area (Å²) < 4.78 is 5.42. The second-order valence-electron chi connectivity index (χ2n) is 5.12. The van der Waals surface area contributed by atoms with Crippen LogP contribution in [0, 0.1) is 0 Å². The highest BCUT2D eigenvalue weighted by molar-refractivity contribution is 7.99. The molecule has 1 unspecified atom stereocenters. The number of nitrogens with two attached hydrogens (primary N) is 1. The molecule has 94 valence electrons. The summed E-state index contributed by atoms with van der Waals surface area (Å²) in [5, 5.41) is 4.62. The van der Waals surface area contributed by atoms with Crippen molar-refractivity contribution in [3.05, 3.63) is 11.7 Å². The van der Waals surface area contributed by atoms with Gasteiger partial charge in [-0.05, 0) is 37.9 Å². The fourth-order valence-electron chi connectivity index (χ4n) is 2.73. The van der Waals surface area contributed by atoms with E-state index in [4.69, 9.17) is 10.3 Å². The van der Waals surface area contributed by atoms with Gasteiger partial charge in [0.2, 0.25) is 5.89 Å². The van der Waals surface area contributed by atoms with Crippen LogP contribution in [0.25, 0.3) is 0 Å². The van der Waals surface area contributed by atoms with E-state index < -0.39 is 0 Å². The highest BCUT2D eigenvalue weighted by Gasteiger charge is 2.29. The maximum Gasteiger partial charge on any atom is 0.229 e. The van der Waals surface area contributed by atoms with Crippen LogP contribution in [0.3, 0.4) is 0 Å². The Morgan fingerprint density at radius 3 is 2.88 bits per heavy atom. The Morgan fingerprint density at radius 1 is 1.24 bits per heavy atom. The maximum absolute atomic E-state index is 5.92. The van der Waals surface area contributed by atoms with Crippen molar-refractivity contribution < 1.29 is 4.52 Å². The zero-order chi connectivity index (χ0) is 11.7. The fraction of sp³-hybridized carbons (Fsp3) is 0.833. The van der Waals surface area contributed by atoms with Gasteiger partial charge in [0.15, 0.2) is 5.82 Å². The average molecular weight is 253 g/mol. The summed E-state index contributed by atoms with van der Waals surface area (Å²) in [6.45, 7) is 0. The molecule has 3 atom stereocenters. The lowest BCUT2D eigenvalue weighted by Gasteiger charge is -2.17. The van der Waals surface area contributed by atoms with Crippen molar-refractivity contribution in [2.75, 3.05) is 5.75 Å². The van der Waals surface area contributed by atoms with Gasteiger partial charge >= 0.3 is 0 Å². The first kappa shape index (κ1) is 11.5. The minimum absolute atomic E-state index is 0.319. The quantitative estimate of drug-likeness (QED) is 0.877. The van der Waals surface area contributed by atoms with E-state index in [9.17, 15) is 0 Å². The van der Waals surface area contributed by atoms with Crippen LogP contribution < -0.4 is 5.73 Å². The second kappa shape index (κ2) is 4.98. The molecule has 2 heterocycles. The fourth-order valence-corrected chi connectivity index (χ4v) is 3.96. The topological polar surface area (TPSA) is 64.9 Å². The molecule has 0 spiro atoms. The van der Waals surface area contributed by atoms with Crippen LogP contribution in [-0.4, -0.2) is 21.9 Å². The predicted octanol–water partition coefficient (Wildman–Crippen LogP) is 2.62. The minimum atomic E-state index is 0.319. The molecule has 0 bridgehead atoms. The van der Waals surface area contributed by atoms with Crippen molar-refractivity contribution >= 4 is 11.8 Å². The highest BCUT2D eigenvalue weighted by atomic mass is 32.2. The molecule has 4 nitrogen and oxygen atoms in total. The van der Waals surface area contributed by atoms with E-state index in [0.29, 0.717) is 17.2 Å². The summed E-state index contributed by atoms with van der Waals surface area (Å²) in [5.41, 5.74) is 5.92. The lowest BCUT2D eigenvalue weighted by Crippen LogP contribution is -2.14.